The van der Waals surface area contributed by atoms with Crippen LogP contribution in [-0.4, -0.2) is 23.9 Å². The topological polar surface area (TPSA) is 84.3 Å². The minimum absolute atomic E-state index is 0.00128. The minimum Gasteiger partial charge on any atom is -0.378 e. The number of thiophene rings is 1. The van der Waals surface area contributed by atoms with E-state index >= 15 is 0 Å². The van der Waals surface area contributed by atoms with Crippen LogP contribution in [-0.2, 0) is 0 Å². The monoisotopic (exact) mass is 375 g/mol. The van der Waals surface area contributed by atoms with Crippen molar-refractivity contribution in [1.82, 2.24) is 5.32 Å². The Balaban J connectivity index is 1.60. The number of para-hydroxylation sites is 2. The number of nitrogens with one attached hydrogen (secondary N) is 2. The Kier molecular flexibility index (Phi) is 5.16. The van der Waals surface area contributed by atoms with Crippen molar-refractivity contribution < 1.29 is 9.72 Å². The molecule has 0 unspecified atom stereocenters. The van der Waals surface area contributed by atoms with Gasteiger partial charge in [-0.05, 0) is 12.1 Å². The average molecular weight is 376 g/mol. The van der Waals surface area contributed by atoms with E-state index in [1.165, 1.54) is 17.4 Å². The molecule has 2 aromatic carbocycles. The number of amides is 1. The number of rotatable bonds is 6. The van der Waals surface area contributed by atoms with Crippen LogP contribution in [0.2, 0.25) is 5.02 Å². The van der Waals surface area contributed by atoms with Crippen LogP contribution in [0.4, 0.5) is 11.4 Å². The van der Waals surface area contributed by atoms with Crippen molar-refractivity contribution in [2.75, 3.05) is 18.4 Å². The Morgan fingerprint density at radius 1 is 1.12 bits per heavy atom. The first-order chi connectivity index (χ1) is 12.1. The summed E-state index contributed by atoms with van der Waals surface area (Å²) >= 11 is 7.61. The molecule has 1 heterocycles. The van der Waals surface area contributed by atoms with E-state index in [1.54, 1.807) is 18.2 Å². The van der Waals surface area contributed by atoms with E-state index in [9.17, 15) is 14.9 Å². The second-order valence-corrected chi connectivity index (χ2v) is 6.63. The molecule has 0 atom stereocenters. The van der Waals surface area contributed by atoms with Gasteiger partial charge in [-0.25, -0.2) is 0 Å². The molecule has 0 aliphatic rings. The summed E-state index contributed by atoms with van der Waals surface area (Å²) in [5, 5.41) is 18.0. The van der Waals surface area contributed by atoms with Crippen LogP contribution in [0.25, 0.3) is 10.1 Å². The fourth-order valence-electron chi connectivity index (χ4n) is 2.40. The summed E-state index contributed by atoms with van der Waals surface area (Å²) in [7, 11) is 0. The van der Waals surface area contributed by atoms with Crippen molar-refractivity contribution in [2.24, 2.45) is 0 Å². The zero-order chi connectivity index (χ0) is 17.8. The maximum atomic E-state index is 12.3. The van der Waals surface area contributed by atoms with Crippen molar-refractivity contribution in [3.05, 3.63) is 68.5 Å². The Labute approximate surface area is 152 Å². The van der Waals surface area contributed by atoms with E-state index in [1.807, 2.05) is 24.3 Å². The van der Waals surface area contributed by atoms with Gasteiger partial charge in [-0.15, -0.1) is 11.3 Å². The molecule has 8 heteroatoms. The summed E-state index contributed by atoms with van der Waals surface area (Å²) in [4.78, 5) is 23.3. The Morgan fingerprint density at radius 2 is 1.84 bits per heavy atom. The molecule has 0 spiro atoms. The average Bonchev–Trinajstić information content (AvgIpc) is 2.96. The number of hydrogen-bond donors (Lipinski definition) is 2. The number of nitro groups is 1. The Morgan fingerprint density at radius 3 is 2.60 bits per heavy atom. The van der Waals surface area contributed by atoms with Gasteiger partial charge >= 0.3 is 0 Å². The standard InChI is InChI=1S/C17H14ClN3O3S/c18-15-11-5-1-4-8-14(11)25-16(15)17(22)20-10-9-19-12-6-2-3-7-13(12)21(23)24/h1-8,19H,9-10H2,(H,20,22). The maximum absolute atomic E-state index is 12.3. The quantitative estimate of drug-likeness (QED) is 0.382. The van der Waals surface area contributed by atoms with E-state index in [0.29, 0.717) is 28.7 Å². The molecule has 1 amide bonds. The molecule has 25 heavy (non-hydrogen) atoms. The molecule has 0 radical (unpaired) electrons. The highest BCUT2D eigenvalue weighted by Gasteiger charge is 2.16. The summed E-state index contributed by atoms with van der Waals surface area (Å²) in [6, 6.07) is 13.9. The van der Waals surface area contributed by atoms with Crippen molar-refractivity contribution in [3.63, 3.8) is 0 Å². The highest BCUT2D eigenvalue weighted by Crippen LogP contribution is 2.34. The summed E-state index contributed by atoms with van der Waals surface area (Å²) in [5.41, 5.74) is 0.419. The van der Waals surface area contributed by atoms with Gasteiger partial charge in [0, 0.05) is 29.2 Å². The normalized spacial score (nSPS) is 10.6. The molecule has 0 saturated heterocycles. The van der Waals surface area contributed by atoms with Crippen LogP contribution < -0.4 is 10.6 Å². The summed E-state index contributed by atoms with van der Waals surface area (Å²) in [6.45, 7) is 0.675. The molecule has 3 rings (SSSR count). The predicted octanol–water partition coefficient (Wildman–Crippen LogP) is 4.30. The first-order valence-corrected chi connectivity index (χ1v) is 8.70. The number of nitrogens with zero attached hydrogens (tertiary/aromatic N) is 1. The first kappa shape index (κ1) is 17.2. The van der Waals surface area contributed by atoms with E-state index in [4.69, 9.17) is 11.6 Å². The van der Waals surface area contributed by atoms with Crippen LogP contribution in [0.1, 0.15) is 9.67 Å². The largest absolute Gasteiger partial charge is 0.378 e. The lowest BCUT2D eigenvalue weighted by molar-refractivity contribution is -0.384. The van der Waals surface area contributed by atoms with E-state index in [0.717, 1.165) is 10.1 Å². The van der Waals surface area contributed by atoms with Crippen LogP contribution in [0.5, 0.6) is 0 Å². The smallest absolute Gasteiger partial charge is 0.292 e. The van der Waals surface area contributed by atoms with Crippen LogP contribution in [0.3, 0.4) is 0 Å². The molecular formula is C17H14ClN3O3S. The number of benzene rings is 2. The molecule has 0 bridgehead atoms. The molecule has 6 nitrogen and oxygen atoms in total. The molecule has 0 aliphatic heterocycles. The van der Waals surface area contributed by atoms with Gasteiger partial charge in [0.2, 0.25) is 0 Å². The van der Waals surface area contributed by atoms with Gasteiger partial charge < -0.3 is 10.6 Å². The summed E-state index contributed by atoms with van der Waals surface area (Å²) in [5.74, 6) is -0.254. The number of anilines is 1. The third kappa shape index (κ3) is 3.72. The third-order valence-corrected chi connectivity index (χ3v) is 5.24. The van der Waals surface area contributed by atoms with Crippen LogP contribution in [0, 0.1) is 10.1 Å². The zero-order valence-corrected chi connectivity index (χ0v) is 14.6. The Hall–Kier alpha value is -2.64. The molecule has 0 saturated carbocycles. The number of carbonyl (C=O) groups excluding carboxylic acids is 1. The number of hydrogen-bond acceptors (Lipinski definition) is 5. The van der Waals surface area contributed by atoms with E-state index in [2.05, 4.69) is 10.6 Å². The van der Waals surface area contributed by atoms with Gasteiger partial charge in [-0.3, -0.25) is 14.9 Å². The molecular weight excluding hydrogens is 362 g/mol. The van der Waals surface area contributed by atoms with Crippen molar-refractivity contribution in [3.8, 4) is 0 Å². The molecule has 2 N–H and O–H groups in total. The van der Waals surface area contributed by atoms with Gasteiger partial charge in [0.05, 0.1) is 9.95 Å². The zero-order valence-electron chi connectivity index (χ0n) is 13.0. The fraction of sp³-hybridized carbons (Fsp3) is 0.118. The minimum atomic E-state index is -0.447. The maximum Gasteiger partial charge on any atom is 0.292 e. The molecule has 3 aromatic rings. The van der Waals surface area contributed by atoms with Crippen molar-refractivity contribution >= 4 is 50.3 Å². The van der Waals surface area contributed by atoms with Gasteiger partial charge in [0.1, 0.15) is 10.6 Å². The van der Waals surface area contributed by atoms with Gasteiger partial charge in [-0.2, -0.15) is 0 Å². The summed E-state index contributed by atoms with van der Waals surface area (Å²) < 4.78 is 0.954. The highest BCUT2D eigenvalue weighted by atomic mass is 35.5. The number of carbonyl (C=O) groups is 1. The number of nitro benzene ring substituents is 1. The molecule has 1 aromatic heterocycles. The number of halogens is 1. The SMILES string of the molecule is O=C(NCCNc1ccccc1[N+](=O)[O-])c1sc2ccccc2c1Cl. The van der Waals surface area contributed by atoms with Crippen LogP contribution >= 0.6 is 22.9 Å². The first-order valence-electron chi connectivity index (χ1n) is 7.50. The van der Waals surface area contributed by atoms with E-state index < -0.39 is 4.92 Å². The van der Waals surface area contributed by atoms with Gasteiger partial charge in [0.15, 0.2) is 0 Å². The predicted molar refractivity (Wildman–Crippen MR) is 101 cm³/mol. The highest BCUT2D eigenvalue weighted by molar-refractivity contribution is 7.21. The van der Waals surface area contributed by atoms with Crippen molar-refractivity contribution in [2.45, 2.75) is 0 Å². The Bertz CT molecular complexity index is 942. The second-order valence-electron chi connectivity index (χ2n) is 5.20. The van der Waals surface area contributed by atoms with E-state index in [-0.39, 0.29) is 11.6 Å². The lowest BCUT2D eigenvalue weighted by Crippen LogP contribution is -2.28. The number of fused-ring (bicyclic) bond motifs is 1. The third-order valence-electron chi connectivity index (χ3n) is 3.57. The molecule has 0 fully saturated rings. The lowest BCUT2D eigenvalue weighted by atomic mass is 10.2. The fourth-order valence-corrected chi connectivity index (χ4v) is 3.83. The van der Waals surface area contributed by atoms with Gasteiger partial charge in [-0.1, -0.05) is 41.9 Å². The molecule has 0 aliphatic carbocycles. The summed E-state index contributed by atoms with van der Waals surface area (Å²) in [6.07, 6.45) is 0. The van der Waals surface area contributed by atoms with Crippen LogP contribution in [0.15, 0.2) is 48.5 Å². The lowest BCUT2D eigenvalue weighted by Gasteiger charge is -2.08. The van der Waals surface area contributed by atoms with Gasteiger partial charge in [0.25, 0.3) is 11.6 Å². The molecule has 128 valence electrons. The van der Waals surface area contributed by atoms with Crippen molar-refractivity contribution in [1.29, 1.82) is 0 Å². The second kappa shape index (κ2) is 7.50.